The highest BCUT2D eigenvalue weighted by molar-refractivity contribution is 6.30. The number of benzene rings is 1. The zero-order chi connectivity index (χ0) is 16.3. The van der Waals surface area contributed by atoms with Crippen molar-refractivity contribution in [3.05, 3.63) is 40.2 Å². The zero-order valence-electron chi connectivity index (χ0n) is 12.6. The Kier molecular flexibility index (Phi) is 4.82. The van der Waals surface area contributed by atoms with E-state index >= 15 is 0 Å². The van der Waals surface area contributed by atoms with E-state index in [0.29, 0.717) is 16.3 Å². The molecule has 1 amide bonds. The average molecular weight is 321 g/mol. The van der Waals surface area contributed by atoms with Gasteiger partial charge in [-0.15, -0.1) is 0 Å². The number of aromatic nitrogens is 2. The number of hydrogen-bond acceptors (Lipinski definition) is 4. The van der Waals surface area contributed by atoms with E-state index in [0.717, 1.165) is 11.4 Å². The minimum absolute atomic E-state index is 0.0558. The lowest BCUT2D eigenvalue weighted by Crippen LogP contribution is -2.16. The van der Waals surface area contributed by atoms with Crippen molar-refractivity contribution in [2.75, 3.05) is 11.9 Å². The first-order valence-corrected chi connectivity index (χ1v) is 7.04. The monoisotopic (exact) mass is 320 g/mol. The van der Waals surface area contributed by atoms with Crippen LogP contribution in [-0.2, 0) is 11.8 Å². The van der Waals surface area contributed by atoms with E-state index in [1.54, 1.807) is 16.8 Å². The van der Waals surface area contributed by atoms with Crippen LogP contribution < -0.4 is 5.32 Å². The number of phenolic OH excluding ortho intramolecular Hbond substituents is 1. The van der Waals surface area contributed by atoms with Crippen molar-refractivity contribution in [3.63, 3.8) is 0 Å². The highest BCUT2D eigenvalue weighted by atomic mass is 35.5. The first-order chi connectivity index (χ1) is 10.4. The van der Waals surface area contributed by atoms with Crippen LogP contribution in [0.2, 0.25) is 5.02 Å². The van der Waals surface area contributed by atoms with Crippen LogP contribution in [0.15, 0.2) is 23.2 Å². The highest BCUT2D eigenvalue weighted by Gasteiger charge is 2.11. The summed E-state index contributed by atoms with van der Waals surface area (Å²) in [6, 6.07) is 4.63. The molecule has 0 atom stereocenters. The van der Waals surface area contributed by atoms with Crippen LogP contribution in [-0.4, -0.2) is 33.6 Å². The van der Waals surface area contributed by atoms with E-state index in [9.17, 15) is 9.90 Å². The molecule has 116 valence electrons. The van der Waals surface area contributed by atoms with Crippen LogP contribution in [0.5, 0.6) is 5.75 Å². The lowest BCUT2D eigenvalue weighted by Gasteiger charge is -2.04. The first-order valence-electron chi connectivity index (χ1n) is 6.67. The van der Waals surface area contributed by atoms with Crippen molar-refractivity contribution in [2.24, 2.45) is 12.0 Å². The maximum Gasteiger partial charge on any atom is 0.246 e. The number of aryl methyl sites for hydroxylation is 2. The Hall–Kier alpha value is -2.34. The SMILES string of the molecule is Cc1nn(C)c(C)c1NC(=O)CN=Cc1cc(Cl)ccc1O. The number of anilines is 1. The number of rotatable bonds is 4. The van der Waals surface area contributed by atoms with Crippen LogP contribution >= 0.6 is 11.6 Å². The van der Waals surface area contributed by atoms with Crippen LogP contribution in [0.4, 0.5) is 5.69 Å². The molecule has 0 aliphatic rings. The van der Waals surface area contributed by atoms with E-state index < -0.39 is 0 Å². The molecule has 2 N–H and O–H groups in total. The summed E-state index contributed by atoms with van der Waals surface area (Å²) in [4.78, 5) is 15.9. The maximum atomic E-state index is 11.9. The molecule has 7 heteroatoms. The van der Waals surface area contributed by atoms with Crippen molar-refractivity contribution in [1.29, 1.82) is 0 Å². The molecule has 1 aromatic carbocycles. The Balaban J connectivity index is 2.01. The van der Waals surface area contributed by atoms with Crippen molar-refractivity contribution in [3.8, 4) is 5.75 Å². The lowest BCUT2D eigenvalue weighted by molar-refractivity contribution is -0.114. The van der Waals surface area contributed by atoms with Gasteiger partial charge in [0.1, 0.15) is 12.3 Å². The molecule has 1 heterocycles. The molecule has 0 radical (unpaired) electrons. The van der Waals surface area contributed by atoms with Crippen LogP contribution in [0.3, 0.4) is 0 Å². The minimum atomic E-state index is -0.253. The molecule has 22 heavy (non-hydrogen) atoms. The second kappa shape index (κ2) is 6.62. The van der Waals surface area contributed by atoms with Crippen LogP contribution in [0.1, 0.15) is 17.0 Å². The summed E-state index contributed by atoms with van der Waals surface area (Å²) in [7, 11) is 1.82. The number of nitrogens with zero attached hydrogens (tertiary/aromatic N) is 3. The third-order valence-electron chi connectivity index (χ3n) is 3.23. The number of aliphatic imine (C=N–C) groups is 1. The predicted octanol–water partition coefficient (Wildman–Crippen LogP) is 2.45. The maximum absolute atomic E-state index is 11.9. The van der Waals surface area contributed by atoms with E-state index in [2.05, 4.69) is 15.4 Å². The van der Waals surface area contributed by atoms with Gasteiger partial charge in [0.25, 0.3) is 0 Å². The normalized spacial score (nSPS) is 11.1. The number of phenols is 1. The van der Waals surface area contributed by atoms with E-state index in [-0.39, 0.29) is 18.2 Å². The summed E-state index contributed by atoms with van der Waals surface area (Å²) < 4.78 is 1.71. The molecule has 0 saturated carbocycles. The Labute approximate surface area is 133 Å². The molecule has 0 unspecified atom stereocenters. The molecule has 0 fully saturated rings. The van der Waals surface area contributed by atoms with E-state index in [1.165, 1.54) is 12.3 Å². The summed E-state index contributed by atoms with van der Waals surface area (Å²) >= 11 is 5.84. The predicted molar refractivity (Wildman–Crippen MR) is 86.9 cm³/mol. The van der Waals surface area contributed by atoms with E-state index in [4.69, 9.17) is 11.6 Å². The Morgan fingerprint density at radius 3 is 2.86 bits per heavy atom. The van der Waals surface area contributed by atoms with E-state index in [1.807, 2.05) is 20.9 Å². The minimum Gasteiger partial charge on any atom is -0.507 e. The molecule has 2 aromatic rings. The Morgan fingerprint density at radius 2 is 2.23 bits per heavy atom. The fourth-order valence-corrected chi connectivity index (χ4v) is 2.17. The molecule has 0 spiro atoms. The Morgan fingerprint density at radius 1 is 1.50 bits per heavy atom. The number of nitrogens with one attached hydrogen (secondary N) is 1. The number of carbonyl (C=O) groups is 1. The molecular weight excluding hydrogens is 304 g/mol. The summed E-state index contributed by atoms with van der Waals surface area (Å²) in [5, 5.41) is 17.2. The quantitative estimate of drug-likeness (QED) is 0.849. The number of carbonyl (C=O) groups excluding carboxylic acids is 1. The van der Waals surface area contributed by atoms with Gasteiger partial charge in [-0.25, -0.2) is 0 Å². The lowest BCUT2D eigenvalue weighted by atomic mass is 10.2. The summed E-state index contributed by atoms with van der Waals surface area (Å²) in [5.74, 6) is -0.190. The largest absolute Gasteiger partial charge is 0.507 e. The van der Waals surface area contributed by atoms with Crippen molar-refractivity contribution >= 4 is 29.4 Å². The smallest absolute Gasteiger partial charge is 0.246 e. The zero-order valence-corrected chi connectivity index (χ0v) is 13.3. The number of hydrogen-bond donors (Lipinski definition) is 2. The molecular formula is C15H17ClN4O2. The van der Waals surface area contributed by atoms with Gasteiger partial charge < -0.3 is 10.4 Å². The average Bonchev–Trinajstić information content (AvgIpc) is 2.69. The molecule has 0 saturated heterocycles. The summed E-state index contributed by atoms with van der Waals surface area (Å²) in [6.45, 7) is 3.65. The van der Waals surface area contributed by atoms with Gasteiger partial charge in [-0.1, -0.05) is 11.6 Å². The van der Waals surface area contributed by atoms with Gasteiger partial charge >= 0.3 is 0 Å². The van der Waals surface area contributed by atoms with Gasteiger partial charge in [-0.05, 0) is 32.0 Å². The standard InChI is InChI=1S/C15H17ClN4O2/c1-9-15(10(2)20(3)19-9)18-14(22)8-17-7-11-6-12(16)4-5-13(11)21/h4-7,21H,8H2,1-3H3,(H,18,22). The second-order valence-electron chi connectivity index (χ2n) is 4.89. The topological polar surface area (TPSA) is 79.5 Å². The fraction of sp³-hybridized carbons (Fsp3) is 0.267. The third kappa shape index (κ3) is 3.65. The Bertz CT molecular complexity index is 737. The van der Waals surface area contributed by atoms with Crippen LogP contribution in [0.25, 0.3) is 0 Å². The number of aromatic hydroxyl groups is 1. The van der Waals surface area contributed by atoms with Gasteiger partial charge in [0.15, 0.2) is 0 Å². The fourth-order valence-electron chi connectivity index (χ4n) is 1.99. The van der Waals surface area contributed by atoms with Crippen LogP contribution in [0, 0.1) is 13.8 Å². The second-order valence-corrected chi connectivity index (χ2v) is 5.33. The van der Waals surface area contributed by atoms with Gasteiger partial charge in [-0.2, -0.15) is 5.10 Å². The molecule has 6 nitrogen and oxygen atoms in total. The van der Waals surface area contributed by atoms with Crippen molar-refractivity contribution in [1.82, 2.24) is 9.78 Å². The van der Waals surface area contributed by atoms with Crippen molar-refractivity contribution < 1.29 is 9.90 Å². The van der Waals surface area contributed by atoms with Crippen molar-refractivity contribution in [2.45, 2.75) is 13.8 Å². The summed E-state index contributed by atoms with van der Waals surface area (Å²) in [5.41, 5.74) is 2.80. The molecule has 0 aliphatic heterocycles. The highest BCUT2D eigenvalue weighted by Crippen LogP contribution is 2.20. The first kappa shape index (κ1) is 16.0. The molecule has 0 bridgehead atoms. The third-order valence-corrected chi connectivity index (χ3v) is 3.46. The number of amides is 1. The van der Waals surface area contributed by atoms with Gasteiger partial charge in [-0.3, -0.25) is 14.5 Å². The molecule has 1 aromatic heterocycles. The van der Waals surface area contributed by atoms with Gasteiger partial charge in [0.05, 0.1) is 17.1 Å². The molecule has 2 rings (SSSR count). The summed E-state index contributed by atoms with van der Waals surface area (Å²) in [6.07, 6.45) is 1.42. The number of halogens is 1. The van der Waals surface area contributed by atoms with Gasteiger partial charge in [0.2, 0.25) is 5.91 Å². The molecule has 0 aliphatic carbocycles. The van der Waals surface area contributed by atoms with Gasteiger partial charge in [0, 0.05) is 23.8 Å².